The van der Waals surface area contributed by atoms with E-state index in [1.165, 1.54) is 6.92 Å². The van der Waals surface area contributed by atoms with Crippen LogP contribution in [0.4, 0.5) is 13.2 Å². The molecule has 0 aliphatic heterocycles. The number of hydrogen-bond acceptors (Lipinski definition) is 5. The fourth-order valence-corrected chi connectivity index (χ4v) is 1.84. The summed E-state index contributed by atoms with van der Waals surface area (Å²) in [6.07, 6.45) is -7.12. The van der Waals surface area contributed by atoms with E-state index in [-0.39, 0.29) is 12.2 Å². The Morgan fingerprint density at radius 3 is 2.20 bits per heavy atom. The van der Waals surface area contributed by atoms with Crippen LogP contribution in [0.2, 0.25) is 0 Å². The number of aliphatic carboxylic acids is 1. The van der Waals surface area contributed by atoms with E-state index in [1.54, 1.807) is 0 Å². The highest BCUT2D eigenvalue weighted by Gasteiger charge is 2.31. The number of aliphatic hydroxyl groups is 1. The summed E-state index contributed by atoms with van der Waals surface area (Å²) in [6, 6.07) is 1.51. The minimum atomic E-state index is -4.57. The summed E-state index contributed by atoms with van der Waals surface area (Å²) >= 11 is 0. The predicted molar refractivity (Wildman–Crippen MR) is 77.2 cm³/mol. The van der Waals surface area contributed by atoms with E-state index in [2.05, 4.69) is 4.74 Å². The number of esters is 1. The van der Waals surface area contributed by atoms with Gasteiger partial charge in [-0.1, -0.05) is 12.1 Å². The van der Waals surface area contributed by atoms with Gasteiger partial charge < -0.3 is 20.3 Å². The van der Waals surface area contributed by atoms with Crippen molar-refractivity contribution in [2.45, 2.75) is 31.7 Å². The van der Waals surface area contributed by atoms with Gasteiger partial charge >= 0.3 is 18.1 Å². The molecule has 0 unspecified atom stereocenters. The summed E-state index contributed by atoms with van der Waals surface area (Å²) in [6.45, 7) is 1.54. The van der Waals surface area contributed by atoms with Crippen LogP contribution >= 0.6 is 0 Å². The van der Waals surface area contributed by atoms with Gasteiger partial charge in [-0.15, -0.1) is 0 Å². The Hall–Kier alpha value is -2.62. The van der Waals surface area contributed by atoms with Crippen LogP contribution in [-0.2, 0) is 25.3 Å². The highest BCUT2D eigenvalue weighted by molar-refractivity contribution is 5.89. The maximum Gasteiger partial charge on any atom is 0.416 e. The first-order valence-corrected chi connectivity index (χ1v) is 7.10. The quantitative estimate of drug-likeness (QED) is 0.629. The number of hydrogen-bond donors (Lipinski definition) is 3. The Morgan fingerprint density at radius 1 is 1.20 bits per heavy atom. The van der Waals surface area contributed by atoms with Crippen LogP contribution in [0.1, 0.15) is 30.6 Å². The second-order valence-corrected chi connectivity index (χ2v) is 4.93. The molecule has 0 radical (unpaired) electrons. The standard InChI is InChI=1S/C15H16F3NO6/c1-2-25-11(20)7-10(14(23)24)19-13(22)12(21)8-3-5-9(6-4-8)15(16,17)18/h3-6,10,12,21H,2,7H2,1H3,(H,19,22)(H,23,24)/t10-,12-/m1/s1. The lowest BCUT2D eigenvalue weighted by Crippen LogP contribution is -2.44. The minimum Gasteiger partial charge on any atom is -0.480 e. The van der Waals surface area contributed by atoms with Crippen LogP contribution in [-0.4, -0.2) is 40.7 Å². The lowest BCUT2D eigenvalue weighted by Gasteiger charge is -2.17. The highest BCUT2D eigenvalue weighted by Crippen LogP contribution is 2.29. The average molecular weight is 363 g/mol. The Kier molecular flexibility index (Phi) is 6.92. The first kappa shape index (κ1) is 20.4. The molecule has 0 aliphatic carbocycles. The molecule has 0 saturated heterocycles. The smallest absolute Gasteiger partial charge is 0.416 e. The van der Waals surface area contributed by atoms with Gasteiger partial charge in [-0.3, -0.25) is 9.59 Å². The Morgan fingerprint density at radius 2 is 1.76 bits per heavy atom. The summed E-state index contributed by atoms with van der Waals surface area (Å²) in [4.78, 5) is 34.2. The summed E-state index contributed by atoms with van der Waals surface area (Å²) in [5.41, 5.74) is -1.12. The van der Waals surface area contributed by atoms with E-state index in [1.807, 2.05) is 5.32 Å². The van der Waals surface area contributed by atoms with E-state index in [0.29, 0.717) is 12.1 Å². The number of benzene rings is 1. The Labute approximate surface area is 140 Å². The van der Waals surface area contributed by atoms with Crippen LogP contribution in [0.5, 0.6) is 0 Å². The van der Waals surface area contributed by atoms with Gasteiger partial charge in [0.25, 0.3) is 5.91 Å². The molecule has 0 aliphatic rings. The normalized spacial score (nSPS) is 13.6. The van der Waals surface area contributed by atoms with Crippen LogP contribution in [0, 0.1) is 0 Å². The summed E-state index contributed by atoms with van der Waals surface area (Å²) in [5.74, 6) is -3.56. The number of rotatable bonds is 7. The van der Waals surface area contributed by atoms with Crippen molar-refractivity contribution in [1.29, 1.82) is 0 Å². The molecular weight excluding hydrogens is 347 g/mol. The molecule has 25 heavy (non-hydrogen) atoms. The number of ether oxygens (including phenoxy) is 1. The molecule has 0 fully saturated rings. The third kappa shape index (κ3) is 6.07. The molecule has 1 rings (SSSR count). The molecule has 0 bridgehead atoms. The molecule has 3 N–H and O–H groups in total. The van der Waals surface area contributed by atoms with E-state index < -0.39 is 48.2 Å². The second kappa shape index (κ2) is 8.47. The largest absolute Gasteiger partial charge is 0.480 e. The van der Waals surface area contributed by atoms with Crippen molar-refractivity contribution in [3.05, 3.63) is 35.4 Å². The summed E-state index contributed by atoms with van der Waals surface area (Å²) < 4.78 is 42.0. The Balaban J connectivity index is 2.80. The molecule has 2 atom stereocenters. The topological polar surface area (TPSA) is 113 Å². The Bertz CT molecular complexity index is 629. The highest BCUT2D eigenvalue weighted by atomic mass is 19.4. The van der Waals surface area contributed by atoms with Gasteiger partial charge in [0.15, 0.2) is 6.10 Å². The zero-order valence-electron chi connectivity index (χ0n) is 13.0. The number of aliphatic hydroxyl groups excluding tert-OH is 1. The molecule has 1 aromatic rings. The number of amides is 1. The predicted octanol–water partition coefficient (Wildman–Crippen LogP) is 1.26. The minimum absolute atomic E-state index is 0.0211. The van der Waals surface area contributed by atoms with Crippen molar-refractivity contribution >= 4 is 17.8 Å². The van der Waals surface area contributed by atoms with Gasteiger partial charge in [0.2, 0.25) is 0 Å². The monoisotopic (exact) mass is 363 g/mol. The van der Waals surface area contributed by atoms with Crippen molar-refractivity contribution in [2.24, 2.45) is 0 Å². The average Bonchev–Trinajstić information content (AvgIpc) is 2.52. The maximum atomic E-state index is 12.5. The molecule has 1 amide bonds. The summed E-state index contributed by atoms with van der Waals surface area (Å²) in [7, 11) is 0. The van der Waals surface area contributed by atoms with Crippen molar-refractivity contribution in [3.8, 4) is 0 Å². The molecule has 138 valence electrons. The molecule has 7 nitrogen and oxygen atoms in total. The fraction of sp³-hybridized carbons (Fsp3) is 0.400. The number of halogens is 3. The number of carbonyl (C=O) groups is 3. The van der Waals surface area contributed by atoms with Crippen LogP contribution in [0.3, 0.4) is 0 Å². The van der Waals surface area contributed by atoms with Crippen LogP contribution in [0.15, 0.2) is 24.3 Å². The molecule has 1 aromatic carbocycles. The van der Waals surface area contributed by atoms with E-state index in [0.717, 1.165) is 12.1 Å². The zero-order chi connectivity index (χ0) is 19.2. The molecule has 10 heteroatoms. The van der Waals surface area contributed by atoms with Crippen molar-refractivity contribution in [3.63, 3.8) is 0 Å². The van der Waals surface area contributed by atoms with Crippen LogP contribution in [0.25, 0.3) is 0 Å². The number of nitrogens with one attached hydrogen (secondary N) is 1. The van der Waals surface area contributed by atoms with Gasteiger partial charge in [-0.25, -0.2) is 4.79 Å². The molecule has 0 heterocycles. The van der Waals surface area contributed by atoms with Gasteiger partial charge in [0, 0.05) is 0 Å². The zero-order valence-corrected chi connectivity index (χ0v) is 13.0. The SMILES string of the molecule is CCOC(=O)C[C@@H](NC(=O)[C@H](O)c1ccc(C(F)(F)F)cc1)C(=O)O. The van der Waals surface area contributed by atoms with Gasteiger partial charge in [0.1, 0.15) is 6.04 Å². The van der Waals surface area contributed by atoms with E-state index in [9.17, 15) is 32.7 Å². The lowest BCUT2D eigenvalue weighted by atomic mass is 10.1. The third-order valence-corrected chi connectivity index (χ3v) is 3.09. The molecular formula is C15H16F3NO6. The first-order valence-electron chi connectivity index (χ1n) is 7.10. The number of carbonyl (C=O) groups excluding carboxylic acids is 2. The summed E-state index contributed by atoms with van der Waals surface area (Å²) in [5, 5.41) is 20.8. The molecule has 0 aromatic heterocycles. The van der Waals surface area contributed by atoms with Crippen molar-refractivity contribution < 1.29 is 42.5 Å². The number of carboxylic acid groups (broad SMARTS) is 1. The van der Waals surface area contributed by atoms with Gasteiger partial charge in [0.05, 0.1) is 18.6 Å². The molecule has 0 spiro atoms. The number of carboxylic acids is 1. The third-order valence-electron chi connectivity index (χ3n) is 3.09. The molecule has 0 saturated carbocycles. The fourth-order valence-electron chi connectivity index (χ4n) is 1.84. The van der Waals surface area contributed by atoms with Crippen molar-refractivity contribution in [2.75, 3.05) is 6.61 Å². The number of alkyl halides is 3. The van der Waals surface area contributed by atoms with E-state index in [4.69, 9.17) is 5.11 Å². The van der Waals surface area contributed by atoms with Crippen LogP contribution < -0.4 is 5.32 Å². The van der Waals surface area contributed by atoms with Crippen molar-refractivity contribution in [1.82, 2.24) is 5.32 Å². The van der Waals surface area contributed by atoms with Gasteiger partial charge in [-0.05, 0) is 24.6 Å². The second-order valence-electron chi connectivity index (χ2n) is 4.93. The lowest BCUT2D eigenvalue weighted by molar-refractivity contribution is -0.150. The van der Waals surface area contributed by atoms with E-state index >= 15 is 0 Å². The van der Waals surface area contributed by atoms with Gasteiger partial charge in [-0.2, -0.15) is 13.2 Å². The first-order chi connectivity index (χ1) is 11.6. The maximum absolute atomic E-state index is 12.5.